The van der Waals surface area contributed by atoms with Gasteiger partial charge in [0, 0.05) is 12.5 Å². The van der Waals surface area contributed by atoms with Crippen LogP contribution in [0.3, 0.4) is 0 Å². The Morgan fingerprint density at radius 1 is 1.15 bits per heavy atom. The molecule has 0 saturated carbocycles. The maximum Gasteiger partial charge on any atom is 0.393 e. The average molecular weight is 217 g/mol. The van der Waals surface area contributed by atoms with Crippen molar-refractivity contribution in [1.29, 1.82) is 0 Å². The molecule has 3 nitrogen and oxygen atoms in total. The highest BCUT2D eigenvalue weighted by atomic mass is 28.3. The Balaban J connectivity index is 0.000000310. The fourth-order valence-corrected chi connectivity index (χ4v) is 1.49. The fraction of sp³-hybridized carbons (Fsp3) is 1.00. The molecule has 80 valence electrons. The van der Waals surface area contributed by atoms with Gasteiger partial charge < -0.3 is 4.90 Å². The smallest absolute Gasteiger partial charge is 0.312 e. The second-order valence-corrected chi connectivity index (χ2v) is 4.94. The molecule has 13 heavy (non-hydrogen) atoms. The SMILES string of the molecule is CN(C)C.FC(F)(F)CC[SiH]1OO1. The summed E-state index contributed by atoms with van der Waals surface area (Å²) in [6.45, 7) is 0. The third-order valence-corrected chi connectivity index (χ3v) is 2.12. The molecular formula is C6H14F3NO2Si. The van der Waals surface area contributed by atoms with Crippen molar-refractivity contribution >= 4 is 9.28 Å². The van der Waals surface area contributed by atoms with E-state index in [0.29, 0.717) is 0 Å². The Hall–Kier alpha value is -0.113. The monoisotopic (exact) mass is 217 g/mol. The minimum Gasteiger partial charge on any atom is -0.312 e. The van der Waals surface area contributed by atoms with E-state index in [1.807, 2.05) is 26.0 Å². The number of hydrogen-bond acceptors (Lipinski definition) is 3. The van der Waals surface area contributed by atoms with Gasteiger partial charge in [-0.2, -0.15) is 13.2 Å². The van der Waals surface area contributed by atoms with Gasteiger partial charge >= 0.3 is 15.5 Å². The van der Waals surface area contributed by atoms with Gasteiger partial charge in [0.1, 0.15) is 0 Å². The minimum atomic E-state index is -4.05. The second-order valence-electron chi connectivity index (χ2n) is 3.12. The Bertz CT molecular complexity index is 136. The molecule has 0 atom stereocenters. The number of alkyl halides is 3. The largest absolute Gasteiger partial charge is 0.393 e. The zero-order valence-corrected chi connectivity index (χ0v) is 9.04. The lowest BCUT2D eigenvalue weighted by atomic mass is 10.5. The lowest BCUT2D eigenvalue weighted by molar-refractivity contribution is -0.130. The molecule has 1 aliphatic rings. The maximum atomic E-state index is 11.4. The number of rotatable bonds is 2. The molecule has 1 fully saturated rings. The van der Waals surface area contributed by atoms with Gasteiger partial charge in [0.05, 0.1) is 0 Å². The van der Waals surface area contributed by atoms with E-state index in [9.17, 15) is 13.2 Å². The highest BCUT2D eigenvalue weighted by Gasteiger charge is 2.36. The predicted molar refractivity (Wildman–Crippen MR) is 44.4 cm³/mol. The van der Waals surface area contributed by atoms with Crippen LogP contribution in [0.2, 0.25) is 6.04 Å². The molecule has 0 aromatic carbocycles. The molecule has 0 unspecified atom stereocenters. The zero-order chi connectivity index (χ0) is 10.5. The molecule has 0 aliphatic carbocycles. The highest BCUT2D eigenvalue weighted by Crippen LogP contribution is 2.26. The maximum absolute atomic E-state index is 11.4. The van der Waals surface area contributed by atoms with Crippen molar-refractivity contribution in [3.8, 4) is 0 Å². The Labute approximate surface area is 77.2 Å². The van der Waals surface area contributed by atoms with Crippen LogP contribution in [-0.4, -0.2) is 41.5 Å². The molecule has 1 aliphatic heterocycles. The van der Waals surface area contributed by atoms with Crippen LogP contribution >= 0.6 is 0 Å². The van der Waals surface area contributed by atoms with E-state index in [2.05, 4.69) is 9.15 Å². The fourth-order valence-electron chi connectivity index (χ4n) is 0.417. The van der Waals surface area contributed by atoms with E-state index < -0.39 is 21.9 Å². The summed E-state index contributed by atoms with van der Waals surface area (Å²) in [4.78, 5) is 2.00. The molecule has 0 radical (unpaired) electrons. The van der Waals surface area contributed by atoms with Gasteiger partial charge in [-0.25, -0.2) is 0 Å². The molecule has 7 heteroatoms. The van der Waals surface area contributed by atoms with Gasteiger partial charge in [0.15, 0.2) is 0 Å². The molecule has 0 amide bonds. The van der Waals surface area contributed by atoms with Crippen molar-refractivity contribution < 1.29 is 22.3 Å². The Morgan fingerprint density at radius 3 is 1.77 bits per heavy atom. The summed E-state index contributed by atoms with van der Waals surface area (Å²) >= 11 is 0. The molecule has 0 aromatic rings. The van der Waals surface area contributed by atoms with E-state index in [1.165, 1.54) is 0 Å². The lowest BCUT2D eigenvalue weighted by Gasteiger charge is -2.00. The summed E-state index contributed by atoms with van der Waals surface area (Å²) in [5.41, 5.74) is 0. The van der Waals surface area contributed by atoms with Gasteiger partial charge in [-0.1, -0.05) is 0 Å². The Morgan fingerprint density at radius 2 is 1.54 bits per heavy atom. The van der Waals surface area contributed by atoms with Crippen molar-refractivity contribution in [1.82, 2.24) is 4.90 Å². The van der Waals surface area contributed by atoms with Crippen LogP contribution in [0.25, 0.3) is 0 Å². The zero-order valence-electron chi connectivity index (χ0n) is 7.89. The topological polar surface area (TPSA) is 28.3 Å². The summed E-state index contributed by atoms with van der Waals surface area (Å²) in [7, 11) is 4.26. The number of nitrogens with zero attached hydrogens (tertiary/aromatic N) is 1. The summed E-state index contributed by atoms with van der Waals surface area (Å²) in [5.74, 6) is 0. The molecule has 0 N–H and O–H groups in total. The van der Waals surface area contributed by atoms with Crippen LogP contribution in [0, 0.1) is 0 Å². The highest BCUT2D eigenvalue weighted by molar-refractivity contribution is 6.49. The summed E-state index contributed by atoms with van der Waals surface area (Å²) in [5, 5.41) is 0. The normalized spacial score (nSPS) is 16.8. The van der Waals surface area contributed by atoms with E-state index >= 15 is 0 Å². The second kappa shape index (κ2) is 5.58. The van der Waals surface area contributed by atoms with E-state index in [4.69, 9.17) is 0 Å². The molecule has 1 rings (SSSR count). The van der Waals surface area contributed by atoms with Crippen molar-refractivity contribution in [3.63, 3.8) is 0 Å². The van der Waals surface area contributed by atoms with Gasteiger partial charge in [-0.05, 0) is 21.1 Å². The van der Waals surface area contributed by atoms with Crippen molar-refractivity contribution in [3.05, 3.63) is 0 Å². The van der Waals surface area contributed by atoms with Crippen molar-refractivity contribution in [2.45, 2.75) is 18.6 Å². The molecule has 0 aromatic heterocycles. The Kier molecular flexibility index (Phi) is 5.53. The van der Waals surface area contributed by atoms with Crippen LogP contribution in [0.5, 0.6) is 0 Å². The first-order valence-corrected chi connectivity index (χ1v) is 5.57. The van der Waals surface area contributed by atoms with Gasteiger partial charge in [-0.15, -0.1) is 0 Å². The molecule has 0 bridgehead atoms. The van der Waals surface area contributed by atoms with Crippen LogP contribution in [0.15, 0.2) is 0 Å². The summed E-state index contributed by atoms with van der Waals surface area (Å²) in [6.07, 6.45) is -4.83. The van der Waals surface area contributed by atoms with Crippen molar-refractivity contribution in [2.75, 3.05) is 21.1 Å². The number of hydrogen-bond donors (Lipinski definition) is 0. The van der Waals surface area contributed by atoms with Gasteiger partial charge in [-0.3, -0.25) is 9.15 Å². The van der Waals surface area contributed by atoms with Crippen molar-refractivity contribution in [2.24, 2.45) is 0 Å². The van der Waals surface area contributed by atoms with Crippen LogP contribution < -0.4 is 0 Å². The quantitative estimate of drug-likeness (QED) is 0.396. The van der Waals surface area contributed by atoms with Crippen LogP contribution in [0.1, 0.15) is 6.42 Å². The molecule has 1 saturated heterocycles. The van der Waals surface area contributed by atoms with Crippen LogP contribution in [-0.2, 0) is 9.15 Å². The van der Waals surface area contributed by atoms with Gasteiger partial charge in [0.2, 0.25) is 0 Å². The van der Waals surface area contributed by atoms with E-state index in [1.54, 1.807) is 0 Å². The minimum absolute atomic E-state index is 0.0451. The number of halogens is 3. The molecule has 1 heterocycles. The first-order valence-electron chi connectivity index (χ1n) is 3.81. The molecule has 0 spiro atoms. The first kappa shape index (κ1) is 12.9. The van der Waals surface area contributed by atoms with E-state index in [-0.39, 0.29) is 6.04 Å². The van der Waals surface area contributed by atoms with Gasteiger partial charge in [0.25, 0.3) is 0 Å². The van der Waals surface area contributed by atoms with E-state index in [0.717, 1.165) is 0 Å². The van der Waals surface area contributed by atoms with Crippen LogP contribution in [0.4, 0.5) is 13.2 Å². The standard InChI is InChI=1S/C3H5F3O2Si.C3H9N/c4-3(5,6)1-2-9-7-8-9;1-4(2)3/h9H,1-2H2;1-3H3. The average Bonchev–Trinajstić information content (AvgIpc) is 2.61. The lowest BCUT2D eigenvalue weighted by Crippen LogP contribution is -2.08. The third kappa shape index (κ3) is 14.7. The first-order chi connectivity index (χ1) is 5.81. The summed E-state index contributed by atoms with van der Waals surface area (Å²) in [6, 6.07) is 0.0451. The summed E-state index contributed by atoms with van der Waals surface area (Å²) < 4.78 is 42.6. The molecular weight excluding hydrogens is 203 g/mol. The predicted octanol–water partition coefficient (Wildman–Crippen LogP) is 1.30. The third-order valence-electron chi connectivity index (χ3n) is 0.896.